The molecule has 0 aromatic heterocycles. The number of likely N-dealkylation sites (N-methyl/N-ethyl adjacent to an activating group) is 1. The lowest BCUT2D eigenvalue weighted by Crippen LogP contribution is -2.44. The van der Waals surface area contributed by atoms with E-state index in [4.69, 9.17) is 16.3 Å². The van der Waals surface area contributed by atoms with E-state index in [-0.39, 0.29) is 0 Å². The first-order valence-corrected chi connectivity index (χ1v) is 10.3. The van der Waals surface area contributed by atoms with E-state index in [1.165, 1.54) is 31.7 Å². The number of nitrogens with zero attached hydrogens (tertiary/aromatic N) is 2. The number of ether oxygens (including phenoxy) is 1. The zero-order valence-electron chi connectivity index (χ0n) is 15.3. The zero-order chi connectivity index (χ0) is 18.4. The normalized spacial score (nSPS) is 16.0. The highest BCUT2D eigenvalue weighted by atomic mass is 79.9. The molecule has 1 aliphatic heterocycles. The second kappa shape index (κ2) is 9.75. The molecule has 0 bridgehead atoms. The molecule has 0 radical (unpaired) electrons. The second-order valence-electron chi connectivity index (χ2n) is 6.92. The van der Waals surface area contributed by atoms with E-state index in [0.717, 1.165) is 40.2 Å². The minimum atomic E-state index is 0.570. The van der Waals surface area contributed by atoms with Gasteiger partial charge in [0.05, 0.1) is 0 Å². The number of hydrogen-bond acceptors (Lipinski definition) is 3. The SMILES string of the molecule is CN1CCN(CCCc2cc(Cl)ccc2OCc2ccc(Br)cc2)CC1. The first-order valence-electron chi connectivity index (χ1n) is 9.17. The van der Waals surface area contributed by atoms with Crippen molar-refractivity contribution in [3.63, 3.8) is 0 Å². The van der Waals surface area contributed by atoms with Gasteiger partial charge in [-0.3, -0.25) is 0 Å². The second-order valence-corrected chi connectivity index (χ2v) is 8.27. The average molecular weight is 438 g/mol. The summed E-state index contributed by atoms with van der Waals surface area (Å²) in [5.41, 5.74) is 2.36. The van der Waals surface area contributed by atoms with Crippen molar-refractivity contribution in [3.8, 4) is 5.75 Å². The van der Waals surface area contributed by atoms with Crippen LogP contribution in [-0.4, -0.2) is 49.6 Å². The van der Waals surface area contributed by atoms with Crippen molar-refractivity contribution in [2.24, 2.45) is 0 Å². The lowest BCUT2D eigenvalue weighted by atomic mass is 10.1. The van der Waals surface area contributed by atoms with Gasteiger partial charge < -0.3 is 14.5 Å². The number of aryl methyl sites for hydroxylation is 1. The first kappa shape index (κ1) is 19.7. The Morgan fingerprint density at radius 1 is 1.04 bits per heavy atom. The van der Waals surface area contributed by atoms with Crippen molar-refractivity contribution in [2.45, 2.75) is 19.4 Å². The van der Waals surface area contributed by atoms with Crippen molar-refractivity contribution < 1.29 is 4.74 Å². The largest absolute Gasteiger partial charge is 0.489 e. The summed E-state index contributed by atoms with van der Waals surface area (Å²) >= 11 is 9.68. The molecule has 1 fully saturated rings. The van der Waals surface area contributed by atoms with Gasteiger partial charge in [0.2, 0.25) is 0 Å². The van der Waals surface area contributed by atoms with Crippen LogP contribution >= 0.6 is 27.5 Å². The van der Waals surface area contributed by atoms with Crippen LogP contribution in [0.2, 0.25) is 5.02 Å². The van der Waals surface area contributed by atoms with Crippen LogP contribution in [0.3, 0.4) is 0 Å². The third kappa shape index (κ3) is 5.98. The number of halogens is 2. The number of piperazine rings is 1. The van der Waals surface area contributed by atoms with E-state index in [2.05, 4.69) is 44.9 Å². The maximum absolute atomic E-state index is 6.22. The average Bonchev–Trinajstić information content (AvgIpc) is 2.64. The van der Waals surface area contributed by atoms with Crippen LogP contribution in [0.15, 0.2) is 46.9 Å². The monoisotopic (exact) mass is 436 g/mol. The summed E-state index contributed by atoms with van der Waals surface area (Å²) in [6, 6.07) is 14.2. The van der Waals surface area contributed by atoms with Crippen molar-refractivity contribution in [1.82, 2.24) is 9.80 Å². The van der Waals surface area contributed by atoms with Crippen molar-refractivity contribution in [3.05, 3.63) is 63.1 Å². The fraction of sp³-hybridized carbons (Fsp3) is 0.429. The Balaban J connectivity index is 1.54. The smallest absolute Gasteiger partial charge is 0.123 e. The van der Waals surface area contributed by atoms with E-state index < -0.39 is 0 Å². The lowest BCUT2D eigenvalue weighted by Gasteiger charge is -2.32. The molecule has 0 atom stereocenters. The molecule has 1 heterocycles. The fourth-order valence-electron chi connectivity index (χ4n) is 3.19. The van der Waals surface area contributed by atoms with E-state index in [1.807, 2.05) is 30.3 Å². The summed E-state index contributed by atoms with van der Waals surface area (Å²) in [5.74, 6) is 0.940. The van der Waals surface area contributed by atoms with Gasteiger partial charge in [-0.25, -0.2) is 0 Å². The highest BCUT2D eigenvalue weighted by molar-refractivity contribution is 9.10. The molecule has 0 spiro atoms. The molecule has 0 aliphatic carbocycles. The van der Waals surface area contributed by atoms with Gasteiger partial charge in [-0.2, -0.15) is 0 Å². The van der Waals surface area contributed by atoms with Crippen LogP contribution in [0.25, 0.3) is 0 Å². The molecule has 0 unspecified atom stereocenters. The van der Waals surface area contributed by atoms with E-state index >= 15 is 0 Å². The molecule has 2 aromatic rings. The van der Waals surface area contributed by atoms with E-state index in [0.29, 0.717) is 6.61 Å². The summed E-state index contributed by atoms with van der Waals surface area (Å²) < 4.78 is 7.16. The van der Waals surface area contributed by atoms with Gasteiger partial charge in [-0.05, 0) is 67.9 Å². The topological polar surface area (TPSA) is 15.7 Å². The van der Waals surface area contributed by atoms with Gasteiger partial charge in [0.25, 0.3) is 0 Å². The third-order valence-electron chi connectivity index (χ3n) is 4.85. The highest BCUT2D eigenvalue weighted by Crippen LogP contribution is 2.25. The van der Waals surface area contributed by atoms with Crippen LogP contribution in [0.1, 0.15) is 17.5 Å². The summed E-state index contributed by atoms with van der Waals surface area (Å²) in [4.78, 5) is 4.94. The van der Waals surface area contributed by atoms with Crippen molar-refractivity contribution in [2.75, 3.05) is 39.8 Å². The highest BCUT2D eigenvalue weighted by Gasteiger charge is 2.13. The predicted molar refractivity (Wildman–Crippen MR) is 112 cm³/mol. The fourth-order valence-corrected chi connectivity index (χ4v) is 3.65. The molecule has 0 saturated carbocycles. The van der Waals surface area contributed by atoms with Gasteiger partial charge in [0.15, 0.2) is 0 Å². The molecule has 0 amide bonds. The quantitative estimate of drug-likeness (QED) is 0.615. The summed E-state index contributed by atoms with van der Waals surface area (Å²) in [5, 5.41) is 0.774. The van der Waals surface area contributed by atoms with Gasteiger partial charge in [-0.15, -0.1) is 0 Å². The molecule has 0 N–H and O–H groups in total. The Kier molecular flexibility index (Phi) is 7.38. The number of rotatable bonds is 7. The van der Waals surface area contributed by atoms with Crippen LogP contribution in [0.5, 0.6) is 5.75 Å². The standard InChI is InChI=1S/C21H26BrClN2O/c1-24-11-13-25(14-12-24)10-2-3-18-15-20(23)8-9-21(18)26-16-17-4-6-19(22)7-5-17/h4-9,15H,2-3,10-14,16H2,1H3. The van der Waals surface area contributed by atoms with Crippen LogP contribution < -0.4 is 4.74 Å². The Morgan fingerprint density at radius 2 is 1.77 bits per heavy atom. The van der Waals surface area contributed by atoms with Crippen molar-refractivity contribution in [1.29, 1.82) is 0 Å². The van der Waals surface area contributed by atoms with Gasteiger partial charge in [-0.1, -0.05) is 39.7 Å². The minimum Gasteiger partial charge on any atom is -0.489 e. The van der Waals surface area contributed by atoms with E-state index in [9.17, 15) is 0 Å². The maximum Gasteiger partial charge on any atom is 0.123 e. The summed E-state index contributed by atoms with van der Waals surface area (Å²) in [6.45, 7) is 6.36. The molecule has 2 aromatic carbocycles. The summed E-state index contributed by atoms with van der Waals surface area (Å²) in [6.07, 6.45) is 2.11. The zero-order valence-corrected chi connectivity index (χ0v) is 17.6. The molecule has 5 heteroatoms. The molecular formula is C21H26BrClN2O. The molecule has 3 rings (SSSR count). The van der Waals surface area contributed by atoms with E-state index in [1.54, 1.807) is 0 Å². The van der Waals surface area contributed by atoms with Gasteiger partial charge in [0, 0.05) is 35.7 Å². The molecule has 26 heavy (non-hydrogen) atoms. The minimum absolute atomic E-state index is 0.570. The molecule has 3 nitrogen and oxygen atoms in total. The molecule has 140 valence electrons. The molecular weight excluding hydrogens is 412 g/mol. The Bertz CT molecular complexity index is 700. The van der Waals surface area contributed by atoms with Crippen LogP contribution in [-0.2, 0) is 13.0 Å². The molecule has 1 saturated heterocycles. The van der Waals surface area contributed by atoms with Gasteiger partial charge in [0.1, 0.15) is 12.4 Å². The Morgan fingerprint density at radius 3 is 2.50 bits per heavy atom. The maximum atomic E-state index is 6.22. The third-order valence-corrected chi connectivity index (χ3v) is 5.61. The Hall–Kier alpha value is -1.07. The Labute approximate surface area is 170 Å². The predicted octanol–water partition coefficient (Wildman–Crippen LogP) is 4.86. The first-order chi connectivity index (χ1) is 12.6. The summed E-state index contributed by atoms with van der Waals surface area (Å²) in [7, 11) is 2.19. The number of hydrogen-bond donors (Lipinski definition) is 0. The van der Waals surface area contributed by atoms with Crippen molar-refractivity contribution >= 4 is 27.5 Å². The van der Waals surface area contributed by atoms with Gasteiger partial charge >= 0.3 is 0 Å². The van der Waals surface area contributed by atoms with Crippen LogP contribution in [0, 0.1) is 0 Å². The molecule has 1 aliphatic rings. The number of benzene rings is 2. The van der Waals surface area contributed by atoms with Crippen LogP contribution in [0.4, 0.5) is 0 Å². The lowest BCUT2D eigenvalue weighted by molar-refractivity contribution is 0.153.